The van der Waals surface area contributed by atoms with E-state index in [-0.39, 0.29) is 5.97 Å². The minimum absolute atomic E-state index is 0.316. The Bertz CT molecular complexity index is 518. The highest BCUT2D eigenvalue weighted by Crippen LogP contribution is 2.15. The molecule has 0 atom stereocenters. The van der Waals surface area contributed by atoms with Crippen molar-refractivity contribution in [1.82, 2.24) is 4.98 Å². The average molecular weight is 291 g/mol. The van der Waals surface area contributed by atoms with Gasteiger partial charge in [-0.3, -0.25) is 0 Å². The SMILES string of the molecule is CCCOC(=O)/C(C)=C/C=C(\C)Oc1ccc(OC)cn1. The highest BCUT2D eigenvalue weighted by atomic mass is 16.5. The van der Waals surface area contributed by atoms with Gasteiger partial charge in [0.05, 0.1) is 19.9 Å². The minimum atomic E-state index is -0.316. The zero-order valence-corrected chi connectivity index (χ0v) is 12.9. The first-order valence-corrected chi connectivity index (χ1v) is 6.77. The number of aromatic nitrogens is 1. The maximum absolute atomic E-state index is 11.6. The molecule has 114 valence electrons. The number of allylic oxidation sites excluding steroid dienone is 3. The number of carbonyl (C=O) groups is 1. The van der Waals surface area contributed by atoms with Gasteiger partial charge in [0, 0.05) is 11.6 Å². The summed E-state index contributed by atoms with van der Waals surface area (Å²) in [6.07, 6.45) is 5.75. The highest BCUT2D eigenvalue weighted by molar-refractivity contribution is 5.88. The number of nitrogens with zero attached hydrogens (tertiary/aromatic N) is 1. The summed E-state index contributed by atoms with van der Waals surface area (Å²) in [7, 11) is 1.58. The summed E-state index contributed by atoms with van der Waals surface area (Å²) in [4.78, 5) is 15.6. The van der Waals surface area contributed by atoms with Gasteiger partial charge < -0.3 is 14.2 Å². The lowest BCUT2D eigenvalue weighted by atomic mass is 10.2. The summed E-state index contributed by atoms with van der Waals surface area (Å²) >= 11 is 0. The minimum Gasteiger partial charge on any atom is -0.495 e. The Morgan fingerprint density at radius 2 is 2.05 bits per heavy atom. The zero-order chi connectivity index (χ0) is 15.7. The molecule has 1 heterocycles. The Kier molecular flexibility index (Phi) is 7.01. The Labute approximate surface area is 125 Å². The highest BCUT2D eigenvalue weighted by Gasteiger charge is 2.04. The van der Waals surface area contributed by atoms with Gasteiger partial charge in [-0.2, -0.15) is 0 Å². The van der Waals surface area contributed by atoms with Crippen LogP contribution in [-0.4, -0.2) is 24.7 Å². The van der Waals surface area contributed by atoms with E-state index in [1.54, 1.807) is 51.4 Å². The van der Waals surface area contributed by atoms with Crippen molar-refractivity contribution in [3.05, 3.63) is 41.8 Å². The smallest absolute Gasteiger partial charge is 0.333 e. The molecule has 5 nitrogen and oxygen atoms in total. The first kappa shape index (κ1) is 16.8. The normalized spacial score (nSPS) is 12.0. The molecule has 1 aromatic heterocycles. The van der Waals surface area contributed by atoms with Gasteiger partial charge in [0.1, 0.15) is 11.5 Å². The fourth-order valence-corrected chi connectivity index (χ4v) is 1.37. The Balaban J connectivity index is 2.60. The lowest BCUT2D eigenvalue weighted by Crippen LogP contribution is -2.06. The van der Waals surface area contributed by atoms with Crippen LogP contribution in [0.2, 0.25) is 0 Å². The topological polar surface area (TPSA) is 57.7 Å². The number of hydrogen-bond donors (Lipinski definition) is 0. The van der Waals surface area contributed by atoms with Crippen molar-refractivity contribution < 1.29 is 19.0 Å². The van der Waals surface area contributed by atoms with Crippen LogP contribution >= 0.6 is 0 Å². The molecular weight excluding hydrogens is 270 g/mol. The summed E-state index contributed by atoms with van der Waals surface area (Å²) in [6, 6.07) is 3.47. The van der Waals surface area contributed by atoms with E-state index in [0.717, 1.165) is 6.42 Å². The number of carbonyl (C=O) groups excluding carboxylic acids is 1. The fraction of sp³-hybridized carbons (Fsp3) is 0.375. The van der Waals surface area contributed by atoms with Crippen molar-refractivity contribution in [2.45, 2.75) is 27.2 Å². The van der Waals surface area contributed by atoms with Crippen molar-refractivity contribution >= 4 is 5.97 Å². The van der Waals surface area contributed by atoms with E-state index < -0.39 is 0 Å². The maximum atomic E-state index is 11.6. The molecule has 0 N–H and O–H groups in total. The molecule has 0 fully saturated rings. The number of methoxy groups -OCH3 is 1. The molecule has 0 radical (unpaired) electrons. The molecule has 1 rings (SSSR count). The first-order valence-electron chi connectivity index (χ1n) is 6.77. The van der Waals surface area contributed by atoms with Gasteiger partial charge in [-0.05, 0) is 38.5 Å². The van der Waals surface area contributed by atoms with Gasteiger partial charge in [-0.25, -0.2) is 9.78 Å². The monoisotopic (exact) mass is 291 g/mol. The van der Waals surface area contributed by atoms with Crippen molar-refractivity contribution in [3.63, 3.8) is 0 Å². The van der Waals surface area contributed by atoms with Crippen molar-refractivity contribution in [2.24, 2.45) is 0 Å². The molecule has 21 heavy (non-hydrogen) atoms. The van der Waals surface area contributed by atoms with E-state index in [1.807, 2.05) is 6.92 Å². The number of esters is 1. The second-order valence-corrected chi connectivity index (χ2v) is 4.40. The zero-order valence-electron chi connectivity index (χ0n) is 12.9. The molecule has 0 aliphatic carbocycles. The van der Waals surface area contributed by atoms with E-state index in [4.69, 9.17) is 14.2 Å². The van der Waals surface area contributed by atoms with Crippen LogP contribution in [0.4, 0.5) is 0 Å². The third kappa shape index (κ3) is 6.12. The molecule has 0 aliphatic heterocycles. The van der Waals surface area contributed by atoms with Gasteiger partial charge in [0.15, 0.2) is 0 Å². The Hall–Kier alpha value is -2.30. The lowest BCUT2D eigenvalue weighted by Gasteiger charge is -2.05. The maximum Gasteiger partial charge on any atom is 0.333 e. The fourth-order valence-electron chi connectivity index (χ4n) is 1.37. The number of pyridine rings is 1. The molecule has 0 spiro atoms. The largest absolute Gasteiger partial charge is 0.495 e. The Morgan fingerprint density at radius 3 is 2.62 bits per heavy atom. The molecule has 0 amide bonds. The van der Waals surface area contributed by atoms with E-state index in [0.29, 0.717) is 29.6 Å². The standard InChI is InChI=1S/C16H21NO4/c1-5-10-20-16(18)12(2)6-7-13(3)21-15-9-8-14(19-4)11-17-15/h6-9,11H,5,10H2,1-4H3/b12-6+,13-7+. The molecule has 0 aliphatic rings. The molecule has 0 aromatic carbocycles. The summed E-state index contributed by atoms with van der Waals surface area (Å²) in [5.41, 5.74) is 0.522. The van der Waals surface area contributed by atoms with Crippen molar-refractivity contribution in [2.75, 3.05) is 13.7 Å². The summed E-state index contributed by atoms with van der Waals surface area (Å²) < 4.78 is 15.6. The van der Waals surface area contributed by atoms with Crippen LogP contribution in [0.1, 0.15) is 27.2 Å². The van der Waals surface area contributed by atoms with E-state index >= 15 is 0 Å². The summed E-state index contributed by atoms with van der Waals surface area (Å²) in [5, 5.41) is 0. The third-order valence-corrected chi connectivity index (χ3v) is 2.54. The number of hydrogen-bond acceptors (Lipinski definition) is 5. The molecule has 1 aromatic rings. The number of ether oxygens (including phenoxy) is 3. The Morgan fingerprint density at radius 1 is 1.29 bits per heavy atom. The average Bonchev–Trinajstić information content (AvgIpc) is 2.50. The molecule has 0 unspecified atom stereocenters. The van der Waals surface area contributed by atoms with Gasteiger partial charge in [-0.1, -0.05) is 6.92 Å². The predicted octanol–water partition coefficient (Wildman–Crippen LogP) is 3.27. The van der Waals surface area contributed by atoms with Crippen LogP contribution < -0.4 is 9.47 Å². The molecule has 5 heteroatoms. The predicted molar refractivity (Wildman–Crippen MR) is 80.2 cm³/mol. The quantitative estimate of drug-likeness (QED) is 0.334. The van der Waals surface area contributed by atoms with E-state index in [2.05, 4.69) is 4.98 Å². The summed E-state index contributed by atoms with van der Waals surface area (Å²) in [6.45, 7) is 5.87. The second kappa shape index (κ2) is 8.79. The van der Waals surface area contributed by atoms with E-state index in [1.165, 1.54) is 0 Å². The lowest BCUT2D eigenvalue weighted by molar-refractivity contribution is -0.138. The number of rotatable bonds is 7. The molecule has 0 bridgehead atoms. The second-order valence-electron chi connectivity index (χ2n) is 4.40. The van der Waals surface area contributed by atoms with Crippen LogP contribution in [0.3, 0.4) is 0 Å². The molecular formula is C16H21NO4. The van der Waals surface area contributed by atoms with Crippen molar-refractivity contribution in [1.29, 1.82) is 0 Å². The van der Waals surface area contributed by atoms with Crippen LogP contribution in [0.25, 0.3) is 0 Å². The van der Waals surface area contributed by atoms with Gasteiger partial charge in [0.2, 0.25) is 5.88 Å². The molecule has 0 saturated heterocycles. The van der Waals surface area contributed by atoms with Crippen LogP contribution in [0.5, 0.6) is 11.6 Å². The van der Waals surface area contributed by atoms with Crippen LogP contribution in [-0.2, 0) is 9.53 Å². The van der Waals surface area contributed by atoms with Crippen molar-refractivity contribution in [3.8, 4) is 11.6 Å². The molecule has 0 saturated carbocycles. The van der Waals surface area contributed by atoms with Gasteiger partial charge in [-0.15, -0.1) is 0 Å². The van der Waals surface area contributed by atoms with Crippen LogP contribution in [0.15, 0.2) is 41.8 Å². The van der Waals surface area contributed by atoms with E-state index in [9.17, 15) is 4.79 Å². The van der Waals surface area contributed by atoms with Crippen LogP contribution in [0, 0.1) is 0 Å². The third-order valence-electron chi connectivity index (χ3n) is 2.54. The summed E-state index contributed by atoms with van der Waals surface area (Å²) in [5.74, 6) is 1.43. The first-order chi connectivity index (χ1) is 10.1. The van der Waals surface area contributed by atoms with Gasteiger partial charge in [0.25, 0.3) is 0 Å². The van der Waals surface area contributed by atoms with Gasteiger partial charge >= 0.3 is 5.97 Å².